The highest BCUT2D eigenvalue weighted by molar-refractivity contribution is 5.99. The van der Waals surface area contributed by atoms with Crippen LogP contribution in [0, 0.1) is 5.92 Å². The summed E-state index contributed by atoms with van der Waals surface area (Å²) in [5.74, 6) is -1.31. The zero-order chi connectivity index (χ0) is 15.3. The van der Waals surface area contributed by atoms with Gasteiger partial charge in [-0.05, 0) is 24.1 Å². The Morgan fingerprint density at radius 1 is 1.20 bits per heavy atom. The topological polar surface area (TPSA) is 101 Å². The quantitative estimate of drug-likeness (QED) is 0.744. The number of amides is 3. The third-order valence-electron chi connectivity index (χ3n) is 2.70. The van der Waals surface area contributed by atoms with E-state index in [0.717, 1.165) is 0 Å². The minimum atomic E-state index is -0.730. The predicted molar refractivity (Wildman–Crippen MR) is 76.0 cm³/mol. The zero-order valence-electron chi connectivity index (χ0n) is 11.8. The van der Waals surface area contributed by atoms with Gasteiger partial charge in [-0.2, -0.15) is 0 Å². The van der Waals surface area contributed by atoms with Crippen LogP contribution in [0.2, 0.25) is 0 Å². The van der Waals surface area contributed by atoms with Crippen molar-refractivity contribution in [2.75, 3.05) is 5.32 Å². The summed E-state index contributed by atoms with van der Waals surface area (Å²) in [6.45, 7) is 4.97. The monoisotopic (exact) mass is 277 g/mol. The summed E-state index contributed by atoms with van der Waals surface area (Å²) in [5.41, 5.74) is 6.12. The van der Waals surface area contributed by atoms with Gasteiger partial charge in [-0.25, -0.2) is 0 Å². The maximum atomic E-state index is 12.1. The Kier molecular flexibility index (Phi) is 5.25. The Balaban J connectivity index is 2.86. The van der Waals surface area contributed by atoms with E-state index in [1.165, 1.54) is 13.0 Å². The molecule has 0 fully saturated rings. The molecule has 1 rings (SSSR count). The van der Waals surface area contributed by atoms with Crippen LogP contribution in [-0.2, 0) is 9.59 Å². The number of anilines is 1. The lowest BCUT2D eigenvalue weighted by molar-refractivity contribution is -0.120. The third kappa shape index (κ3) is 4.38. The molecule has 0 saturated heterocycles. The van der Waals surface area contributed by atoms with Crippen molar-refractivity contribution in [3.63, 3.8) is 0 Å². The van der Waals surface area contributed by atoms with E-state index in [9.17, 15) is 14.4 Å². The standard InChI is InChI=1S/C14H19N3O3/c1-8(2)12(13(15)19)17-14(20)10-5-4-6-11(7-10)16-9(3)18/h4-8,12H,1-3H3,(H2,15,19)(H,16,18)(H,17,20)/t12-/m0/s1. The number of rotatable bonds is 5. The molecule has 0 aliphatic rings. The molecule has 0 aliphatic carbocycles. The molecule has 0 aliphatic heterocycles. The molecule has 108 valence electrons. The molecule has 1 atom stereocenters. The van der Waals surface area contributed by atoms with Gasteiger partial charge >= 0.3 is 0 Å². The highest BCUT2D eigenvalue weighted by Crippen LogP contribution is 2.11. The molecule has 20 heavy (non-hydrogen) atoms. The molecule has 1 aromatic carbocycles. The fraction of sp³-hybridized carbons (Fsp3) is 0.357. The van der Waals surface area contributed by atoms with Crippen LogP contribution >= 0.6 is 0 Å². The maximum Gasteiger partial charge on any atom is 0.252 e. The number of benzene rings is 1. The third-order valence-corrected chi connectivity index (χ3v) is 2.70. The average molecular weight is 277 g/mol. The van der Waals surface area contributed by atoms with E-state index in [-0.39, 0.29) is 11.8 Å². The summed E-state index contributed by atoms with van der Waals surface area (Å²) in [4.78, 5) is 34.3. The Morgan fingerprint density at radius 2 is 1.85 bits per heavy atom. The smallest absolute Gasteiger partial charge is 0.252 e. The fourth-order valence-electron chi connectivity index (χ4n) is 1.73. The van der Waals surface area contributed by atoms with Gasteiger partial charge in [-0.1, -0.05) is 19.9 Å². The molecular formula is C14H19N3O3. The molecule has 0 heterocycles. The van der Waals surface area contributed by atoms with Crippen molar-refractivity contribution >= 4 is 23.4 Å². The van der Waals surface area contributed by atoms with Crippen LogP contribution in [0.15, 0.2) is 24.3 Å². The van der Waals surface area contributed by atoms with Crippen LogP contribution < -0.4 is 16.4 Å². The first-order valence-corrected chi connectivity index (χ1v) is 6.29. The molecule has 0 aromatic heterocycles. The number of carbonyl (C=O) groups is 3. The van der Waals surface area contributed by atoms with E-state index in [0.29, 0.717) is 11.3 Å². The second-order valence-corrected chi connectivity index (χ2v) is 4.86. The van der Waals surface area contributed by atoms with E-state index in [4.69, 9.17) is 5.73 Å². The van der Waals surface area contributed by atoms with Gasteiger partial charge in [0, 0.05) is 18.2 Å². The fourth-order valence-corrected chi connectivity index (χ4v) is 1.73. The Morgan fingerprint density at radius 3 is 2.35 bits per heavy atom. The van der Waals surface area contributed by atoms with Crippen LogP contribution in [0.5, 0.6) is 0 Å². The van der Waals surface area contributed by atoms with Crippen molar-refractivity contribution in [1.82, 2.24) is 5.32 Å². The van der Waals surface area contributed by atoms with Crippen molar-refractivity contribution in [2.24, 2.45) is 11.7 Å². The van der Waals surface area contributed by atoms with E-state index in [1.807, 2.05) is 0 Å². The van der Waals surface area contributed by atoms with Gasteiger partial charge in [-0.15, -0.1) is 0 Å². The summed E-state index contributed by atoms with van der Waals surface area (Å²) in [6.07, 6.45) is 0. The summed E-state index contributed by atoms with van der Waals surface area (Å²) in [6, 6.07) is 5.72. The summed E-state index contributed by atoms with van der Waals surface area (Å²) in [5, 5.41) is 5.17. The van der Waals surface area contributed by atoms with Gasteiger partial charge in [0.2, 0.25) is 11.8 Å². The molecule has 3 amide bonds. The van der Waals surface area contributed by atoms with E-state index >= 15 is 0 Å². The molecule has 6 nitrogen and oxygen atoms in total. The molecular weight excluding hydrogens is 258 g/mol. The largest absolute Gasteiger partial charge is 0.368 e. The Hall–Kier alpha value is -2.37. The van der Waals surface area contributed by atoms with Crippen molar-refractivity contribution in [3.8, 4) is 0 Å². The maximum absolute atomic E-state index is 12.1. The number of carbonyl (C=O) groups excluding carboxylic acids is 3. The van der Waals surface area contributed by atoms with Crippen LogP contribution in [0.25, 0.3) is 0 Å². The predicted octanol–water partition coefficient (Wildman–Crippen LogP) is 0.885. The van der Waals surface area contributed by atoms with Crippen LogP contribution in [0.3, 0.4) is 0 Å². The van der Waals surface area contributed by atoms with Crippen LogP contribution in [-0.4, -0.2) is 23.8 Å². The minimum Gasteiger partial charge on any atom is -0.368 e. The first-order chi connectivity index (χ1) is 9.31. The van der Waals surface area contributed by atoms with E-state index < -0.39 is 17.9 Å². The SMILES string of the molecule is CC(=O)Nc1cccc(C(=O)N[C@H](C(N)=O)C(C)C)c1. The molecule has 0 radical (unpaired) electrons. The highest BCUT2D eigenvalue weighted by atomic mass is 16.2. The first-order valence-electron chi connectivity index (χ1n) is 6.29. The first kappa shape index (κ1) is 15.7. The number of hydrogen-bond acceptors (Lipinski definition) is 3. The second kappa shape index (κ2) is 6.70. The van der Waals surface area contributed by atoms with Gasteiger partial charge in [0.25, 0.3) is 5.91 Å². The number of nitrogens with one attached hydrogen (secondary N) is 2. The zero-order valence-corrected chi connectivity index (χ0v) is 11.8. The highest BCUT2D eigenvalue weighted by Gasteiger charge is 2.22. The van der Waals surface area contributed by atoms with Gasteiger partial charge in [0.05, 0.1) is 0 Å². The normalized spacial score (nSPS) is 11.8. The molecule has 0 bridgehead atoms. The minimum absolute atomic E-state index is 0.102. The van der Waals surface area contributed by atoms with E-state index in [1.54, 1.807) is 32.0 Å². The summed E-state index contributed by atoms with van der Waals surface area (Å²) in [7, 11) is 0. The van der Waals surface area contributed by atoms with Gasteiger partial charge < -0.3 is 16.4 Å². The van der Waals surface area contributed by atoms with Gasteiger partial charge in [0.15, 0.2) is 0 Å². The lowest BCUT2D eigenvalue weighted by atomic mass is 10.0. The lowest BCUT2D eigenvalue weighted by Crippen LogP contribution is -2.47. The summed E-state index contributed by atoms with van der Waals surface area (Å²) < 4.78 is 0. The molecule has 6 heteroatoms. The van der Waals surface area contributed by atoms with Crippen LogP contribution in [0.4, 0.5) is 5.69 Å². The van der Waals surface area contributed by atoms with E-state index in [2.05, 4.69) is 10.6 Å². The Labute approximate surface area is 117 Å². The van der Waals surface area contributed by atoms with Crippen molar-refractivity contribution < 1.29 is 14.4 Å². The average Bonchev–Trinajstić information content (AvgIpc) is 2.34. The van der Waals surface area contributed by atoms with Crippen molar-refractivity contribution in [2.45, 2.75) is 26.8 Å². The molecule has 0 unspecified atom stereocenters. The number of hydrogen-bond donors (Lipinski definition) is 3. The molecule has 4 N–H and O–H groups in total. The molecule has 0 spiro atoms. The van der Waals surface area contributed by atoms with Gasteiger partial charge in [-0.3, -0.25) is 14.4 Å². The second-order valence-electron chi connectivity index (χ2n) is 4.86. The summed E-state index contributed by atoms with van der Waals surface area (Å²) >= 11 is 0. The Bertz CT molecular complexity index is 526. The van der Waals surface area contributed by atoms with Crippen molar-refractivity contribution in [3.05, 3.63) is 29.8 Å². The lowest BCUT2D eigenvalue weighted by Gasteiger charge is -2.19. The molecule has 1 aromatic rings. The molecule has 0 saturated carbocycles. The number of nitrogens with two attached hydrogens (primary N) is 1. The van der Waals surface area contributed by atoms with Crippen LogP contribution in [0.1, 0.15) is 31.1 Å². The number of primary amides is 1. The van der Waals surface area contributed by atoms with Crippen molar-refractivity contribution in [1.29, 1.82) is 0 Å². The van der Waals surface area contributed by atoms with Gasteiger partial charge in [0.1, 0.15) is 6.04 Å².